The molecule has 0 aromatic heterocycles. The number of aryl methyl sites for hydroxylation is 3. The topological polar surface area (TPSA) is 3.24 Å². The van der Waals surface area contributed by atoms with E-state index >= 15 is 0 Å². The van der Waals surface area contributed by atoms with E-state index in [4.69, 9.17) is 0 Å². The van der Waals surface area contributed by atoms with Gasteiger partial charge in [0.25, 0.3) is 0 Å². The van der Waals surface area contributed by atoms with Gasteiger partial charge in [0.15, 0.2) is 0 Å². The summed E-state index contributed by atoms with van der Waals surface area (Å²) in [5.41, 5.74) is 5.48. The van der Waals surface area contributed by atoms with Gasteiger partial charge >= 0.3 is 0 Å². The molecule has 1 rings (SSSR count). The molecule has 72 valence electrons. The van der Waals surface area contributed by atoms with E-state index in [9.17, 15) is 0 Å². The summed E-state index contributed by atoms with van der Waals surface area (Å²) in [7, 11) is 2.14. The molecule has 0 amide bonds. The van der Waals surface area contributed by atoms with Crippen molar-refractivity contribution in [1.29, 1.82) is 0 Å². The quantitative estimate of drug-likeness (QED) is 0.671. The Morgan fingerprint density at radius 1 is 1.00 bits per heavy atom. The molecule has 0 unspecified atom stereocenters. The van der Waals surface area contributed by atoms with Crippen molar-refractivity contribution in [2.45, 2.75) is 27.7 Å². The number of hydrogen-bond donors (Lipinski definition) is 0. The zero-order valence-electron chi connectivity index (χ0n) is 9.31. The Hall–Kier alpha value is -0.980. The zero-order chi connectivity index (χ0) is 10.0. The lowest BCUT2D eigenvalue weighted by Gasteiger charge is -2.20. The van der Waals surface area contributed by atoms with E-state index in [1.54, 1.807) is 0 Å². The second-order valence-corrected chi connectivity index (χ2v) is 3.74. The minimum atomic E-state index is 1.06. The van der Waals surface area contributed by atoms with Crippen molar-refractivity contribution >= 4 is 5.69 Å². The van der Waals surface area contributed by atoms with Crippen molar-refractivity contribution in [3.8, 4) is 0 Å². The van der Waals surface area contributed by atoms with Gasteiger partial charge in [-0.2, -0.15) is 0 Å². The summed E-state index contributed by atoms with van der Waals surface area (Å²) in [5, 5.41) is 0. The third kappa shape index (κ3) is 2.03. The summed E-state index contributed by atoms with van der Waals surface area (Å²) in [6.45, 7) is 9.74. The van der Waals surface area contributed by atoms with Crippen LogP contribution in [0.3, 0.4) is 0 Å². The molecule has 0 bridgehead atoms. The van der Waals surface area contributed by atoms with Gasteiger partial charge in [0.05, 0.1) is 0 Å². The Morgan fingerprint density at radius 2 is 1.54 bits per heavy atom. The van der Waals surface area contributed by atoms with Crippen molar-refractivity contribution in [2.75, 3.05) is 18.5 Å². The maximum atomic E-state index is 2.28. The summed E-state index contributed by atoms with van der Waals surface area (Å²) in [6.07, 6.45) is 0. The molecule has 0 spiro atoms. The fourth-order valence-corrected chi connectivity index (χ4v) is 1.53. The third-order valence-electron chi connectivity index (χ3n) is 2.70. The summed E-state index contributed by atoms with van der Waals surface area (Å²) in [4.78, 5) is 2.28. The van der Waals surface area contributed by atoms with Crippen LogP contribution in [0, 0.1) is 20.8 Å². The van der Waals surface area contributed by atoms with E-state index in [0.717, 1.165) is 6.54 Å². The number of benzene rings is 1. The Kier molecular flexibility index (Phi) is 2.97. The van der Waals surface area contributed by atoms with E-state index in [2.05, 4.69) is 51.8 Å². The molecular formula is C12H19N. The highest BCUT2D eigenvalue weighted by atomic mass is 15.1. The van der Waals surface area contributed by atoms with Gasteiger partial charge in [-0.15, -0.1) is 0 Å². The molecule has 0 saturated heterocycles. The number of anilines is 1. The third-order valence-corrected chi connectivity index (χ3v) is 2.70. The van der Waals surface area contributed by atoms with E-state index in [1.807, 2.05) is 0 Å². The first-order valence-corrected chi connectivity index (χ1v) is 4.85. The highest BCUT2D eigenvalue weighted by Gasteiger charge is 2.04. The van der Waals surface area contributed by atoms with E-state index < -0.39 is 0 Å². The monoisotopic (exact) mass is 177 g/mol. The van der Waals surface area contributed by atoms with Crippen LogP contribution in [0.25, 0.3) is 0 Å². The molecule has 1 heteroatoms. The molecule has 13 heavy (non-hydrogen) atoms. The Labute approximate surface area is 81.4 Å². The maximum Gasteiger partial charge on any atom is 0.0396 e. The van der Waals surface area contributed by atoms with Crippen LogP contribution >= 0.6 is 0 Å². The lowest BCUT2D eigenvalue weighted by atomic mass is 10.0. The molecule has 0 N–H and O–H groups in total. The number of nitrogens with zero attached hydrogens (tertiary/aromatic N) is 1. The fourth-order valence-electron chi connectivity index (χ4n) is 1.53. The first-order valence-electron chi connectivity index (χ1n) is 4.85. The lowest BCUT2D eigenvalue weighted by molar-refractivity contribution is 0.958. The van der Waals surface area contributed by atoms with Gasteiger partial charge in [0, 0.05) is 19.3 Å². The van der Waals surface area contributed by atoms with Crippen molar-refractivity contribution < 1.29 is 0 Å². The molecule has 0 saturated carbocycles. The standard InChI is InChI=1S/C12H19N/c1-6-13(5)12-8-10(3)9(2)7-11(12)4/h7-8H,6H2,1-5H3. The Bertz CT molecular complexity index is 302. The smallest absolute Gasteiger partial charge is 0.0396 e. The van der Waals surface area contributed by atoms with Gasteiger partial charge in [-0.25, -0.2) is 0 Å². The minimum Gasteiger partial charge on any atom is -0.375 e. The lowest BCUT2D eigenvalue weighted by Crippen LogP contribution is -2.17. The van der Waals surface area contributed by atoms with Gasteiger partial charge in [0.1, 0.15) is 0 Å². The molecule has 0 heterocycles. The fraction of sp³-hybridized carbons (Fsp3) is 0.500. The first-order chi connectivity index (χ1) is 6.06. The van der Waals surface area contributed by atoms with Gasteiger partial charge in [0.2, 0.25) is 0 Å². The van der Waals surface area contributed by atoms with E-state index in [0.29, 0.717) is 0 Å². The molecule has 1 aromatic carbocycles. The van der Waals surface area contributed by atoms with Crippen LogP contribution in [0.4, 0.5) is 5.69 Å². The summed E-state index contributed by atoms with van der Waals surface area (Å²) >= 11 is 0. The van der Waals surface area contributed by atoms with Gasteiger partial charge in [-0.3, -0.25) is 0 Å². The van der Waals surface area contributed by atoms with Crippen molar-refractivity contribution in [2.24, 2.45) is 0 Å². The van der Waals surface area contributed by atoms with Crippen LogP contribution in [0.2, 0.25) is 0 Å². The van der Waals surface area contributed by atoms with E-state index in [-0.39, 0.29) is 0 Å². The summed E-state index contributed by atoms with van der Waals surface area (Å²) in [6, 6.07) is 4.53. The largest absolute Gasteiger partial charge is 0.375 e. The predicted octanol–water partition coefficient (Wildman–Crippen LogP) is 3.07. The average molecular weight is 177 g/mol. The van der Waals surface area contributed by atoms with Crippen molar-refractivity contribution in [1.82, 2.24) is 0 Å². The second kappa shape index (κ2) is 3.82. The van der Waals surface area contributed by atoms with Crippen LogP contribution in [0.1, 0.15) is 23.6 Å². The highest BCUT2D eigenvalue weighted by Crippen LogP contribution is 2.22. The molecule has 1 nitrogen and oxygen atoms in total. The van der Waals surface area contributed by atoms with Crippen LogP contribution in [0.15, 0.2) is 12.1 Å². The van der Waals surface area contributed by atoms with Gasteiger partial charge in [-0.1, -0.05) is 6.07 Å². The van der Waals surface area contributed by atoms with Crippen LogP contribution in [0.5, 0.6) is 0 Å². The maximum absolute atomic E-state index is 2.28. The SMILES string of the molecule is CCN(C)c1cc(C)c(C)cc1C. The second-order valence-electron chi connectivity index (χ2n) is 3.74. The molecule has 0 atom stereocenters. The zero-order valence-corrected chi connectivity index (χ0v) is 9.31. The van der Waals surface area contributed by atoms with Crippen LogP contribution in [-0.2, 0) is 0 Å². The predicted molar refractivity (Wildman–Crippen MR) is 59.6 cm³/mol. The first kappa shape index (κ1) is 10.1. The Balaban J connectivity index is 3.15. The van der Waals surface area contributed by atoms with Crippen LogP contribution < -0.4 is 4.90 Å². The average Bonchev–Trinajstić information content (AvgIpc) is 2.10. The Morgan fingerprint density at radius 3 is 2.08 bits per heavy atom. The minimum absolute atomic E-state index is 1.06. The van der Waals surface area contributed by atoms with Crippen molar-refractivity contribution in [3.63, 3.8) is 0 Å². The summed E-state index contributed by atoms with van der Waals surface area (Å²) in [5.74, 6) is 0. The molecule has 0 fully saturated rings. The molecule has 0 aliphatic rings. The number of hydrogen-bond acceptors (Lipinski definition) is 1. The molecular weight excluding hydrogens is 158 g/mol. The molecule has 0 aliphatic heterocycles. The van der Waals surface area contributed by atoms with Crippen LogP contribution in [-0.4, -0.2) is 13.6 Å². The van der Waals surface area contributed by atoms with Crippen molar-refractivity contribution in [3.05, 3.63) is 28.8 Å². The van der Waals surface area contributed by atoms with E-state index in [1.165, 1.54) is 22.4 Å². The highest BCUT2D eigenvalue weighted by molar-refractivity contribution is 5.56. The molecule has 1 aromatic rings. The molecule has 0 radical (unpaired) electrons. The number of rotatable bonds is 2. The van der Waals surface area contributed by atoms with Gasteiger partial charge in [-0.05, 0) is 50.5 Å². The molecule has 0 aliphatic carbocycles. The normalized spacial score (nSPS) is 10.2. The van der Waals surface area contributed by atoms with Gasteiger partial charge < -0.3 is 4.90 Å². The summed E-state index contributed by atoms with van der Waals surface area (Å²) < 4.78 is 0.